The number of hydrogen-bond acceptors (Lipinski definition) is 4. The van der Waals surface area contributed by atoms with Gasteiger partial charge in [-0.3, -0.25) is 0 Å². The van der Waals surface area contributed by atoms with Crippen LogP contribution in [0.3, 0.4) is 0 Å². The highest BCUT2D eigenvalue weighted by atomic mass is 19.1. The third-order valence-corrected chi connectivity index (χ3v) is 2.21. The van der Waals surface area contributed by atoms with Crippen molar-refractivity contribution in [1.82, 2.24) is 9.97 Å². The zero-order valence-corrected chi connectivity index (χ0v) is 10.6. The van der Waals surface area contributed by atoms with Gasteiger partial charge in [0.15, 0.2) is 18.2 Å². The predicted molar refractivity (Wildman–Crippen MR) is 67.4 cm³/mol. The summed E-state index contributed by atoms with van der Waals surface area (Å²) in [6, 6.07) is 4.75. The van der Waals surface area contributed by atoms with Crippen LogP contribution < -0.4 is 9.47 Å². The van der Waals surface area contributed by atoms with E-state index in [4.69, 9.17) is 9.47 Å². The first-order valence-corrected chi connectivity index (χ1v) is 5.67. The summed E-state index contributed by atoms with van der Waals surface area (Å²) in [4.78, 5) is 7.59. The van der Waals surface area contributed by atoms with Gasteiger partial charge in [-0.1, -0.05) is 12.0 Å². The van der Waals surface area contributed by atoms with E-state index in [2.05, 4.69) is 21.8 Å². The quantitative estimate of drug-likeness (QED) is 0.805. The lowest BCUT2D eigenvalue weighted by molar-refractivity contribution is 0.346. The van der Waals surface area contributed by atoms with E-state index in [1.165, 1.54) is 18.5 Å². The largest absolute Gasteiger partial charge is 0.464 e. The van der Waals surface area contributed by atoms with Crippen molar-refractivity contribution < 1.29 is 18.3 Å². The lowest BCUT2D eigenvalue weighted by Crippen LogP contribution is -1.99. The average Bonchev–Trinajstić information content (AvgIpc) is 2.44. The molecule has 1 heterocycles. The third-order valence-electron chi connectivity index (χ3n) is 2.21. The van der Waals surface area contributed by atoms with Crippen LogP contribution in [0.5, 0.6) is 17.5 Å². The number of hydrogen-bond donors (Lipinski definition) is 0. The van der Waals surface area contributed by atoms with E-state index < -0.39 is 17.4 Å². The molecular formula is C14H10F2N2O2. The van der Waals surface area contributed by atoms with E-state index in [9.17, 15) is 8.78 Å². The number of rotatable bonds is 4. The van der Waals surface area contributed by atoms with Crippen molar-refractivity contribution in [3.8, 4) is 29.4 Å². The Balaban J connectivity index is 2.16. The fourth-order valence-electron chi connectivity index (χ4n) is 1.32. The van der Waals surface area contributed by atoms with E-state index in [0.29, 0.717) is 0 Å². The topological polar surface area (TPSA) is 44.2 Å². The highest BCUT2D eigenvalue weighted by Gasteiger charge is 2.12. The minimum atomic E-state index is -0.817. The Kier molecular flexibility index (Phi) is 4.45. The van der Waals surface area contributed by atoms with Crippen LogP contribution in [0, 0.1) is 23.5 Å². The molecule has 4 nitrogen and oxygen atoms in total. The molecule has 2 aromatic rings. The van der Waals surface area contributed by atoms with Gasteiger partial charge in [0.1, 0.15) is 6.33 Å². The maximum atomic E-state index is 13.4. The van der Waals surface area contributed by atoms with Crippen LogP contribution in [0.1, 0.15) is 6.92 Å². The van der Waals surface area contributed by atoms with Gasteiger partial charge in [-0.25, -0.2) is 18.7 Å². The molecule has 6 heteroatoms. The molecule has 1 aromatic carbocycles. The molecule has 0 spiro atoms. The number of nitrogens with zero attached hydrogens (tertiary/aromatic N) is 2. The van der Waals surface area contributed by atoms with Gasteiger partial charge in [0.05, 0.1) is 6.07 Å². The summed E-state index contributed by atoms with van der Waals surface area (Å²) in [5.41, 5.74) is 0. The normalized spacial score (nSPS) is 9.55. The van der Waals surface area contributed by atoms with Crippen molar-refractivity contribution in [3.05, 3.63) is 42.2 Å². The van der Waals surface area contributed by atoms with Gasteiger partial charge in [0, 0.05) is 0 Å². The fraction of sp³-hybridized carbons (Fsp3) is 0.143. The molecule has 20 heavy (non-hydrogen) atoms. The maximum Gasteiger partial charge on any atom is 0.226 e. The number of benzene rings is 1. The Morgan fingerprint density at radius 1 is 1.15 bits per heavy atom. The summed E-state index contributed by atoms with van der Waals surface area (Å²) in [5, 5.41) is 0. The van der Waals surface area contributed by atoms with Crippen molar-refractivity contribution in [2.75, 3.05) is 6.61 Å². The molecule has 0 bridgehead atoms. The van der Waals surface area contributed by atoms with Crippen LogP contribution in [-0.4, -0.2) is 16.6 Å². The molecule has 0 aliphatic rings. The van der Waals surface area contributed by atoms with Gasteiger partial charge in [0.2, 0.25) is 17.5 Å². The Bertz CT molecular complexity index is 645. The molecule has 2 rings (SSSR count). The monoisotopic (exact) mass is 276 g/mol. The molecule has 0 atom stereocenters. The van der Waals surface area contributed by atoms with Crippen molar-refractivity contribution >= 4 is 0 Å². The molecule has 0 N–H and O–H groups in total. The van der Waals surface area contributed by atoms with Gasteiger partial charge in [-0.15, -0.1) is 5.92 Å². The van der Waals surface area contributed by atoms with Crippen LogP contribution in [0.25, 0.3) is 0 Å². The van der Waals surface area contributed by atoms with Crippen LogP contribution in [0.15, 0.2) is 30.6 Å². The molecule has 0 saturated carbocycles. The molecule has 0 radical (unpaired) electrons. The second-order valence-corrected chi connectivity index (χ2v) is 3.56. The minimum absolute atomic E-state index is 0.0246. The molecule has 1 aromatic heterocycles. The van der Waals surface area contributed by atoms with E-state index in [0.717, 1.165) is 12.1 Å². The number of halogens is 2. The van der Waals surface area contributed by atoms with Crippen LogP contribution in [0.2, 0.25) is 0 Å². The zero-order chi connectivity index (χ0) is 14.4. The third kappa shape index (κ3) is 3.42. The Morgan fingerprint density at radius 3 is 2.55 bits per heavy atom. The first kappa shape index (κ1) is 13.7. The van der Waals surface area contributed by atoms with Gasteiger partial charge in [-0.2, -0.15) is 0 Å². The summed E-state index contributed by atoms with van der Waals surface area (Å²) in [6.07, 6.45) is 1.17. The number of ether oxygens (including phenoxy) is 2. The second-order valence-electron chi connectivity index (χ2n) is 3.56. The van der Waals surface area contributed by atoms with Crippen LogP contribution >= 0.6 is 0 Å². The van der Waals surface area contributed by atoms with E-state index in [-0.39, 0.29) is 18.4 Å². The molecule has 0 aliphatic heterocycles. The Labute approximate surface area is 114 Å². The van der Waals surface area contributed by atoms with Crippen LogP contribution in [0.4, 0.5) is 8.78 Å². The second kappa shape index (κ2) is 6.48. The van der Waals surface area contributed by atoms with Gasteiger partial charge < -0.3 is 9.47 Å². The fourth-order valence-corrected chi connectivity index (χ4v) is 1.32. The molecule has 0 fully saturated rings. The Morgan fingerprint density at radius 2 is 1.85 bits per heavy atom. The molecular weight excluding hydrogens is 266 g/mol. The molecule has 0 unspecified atom stereocenters. The highest BCUT2D eigenvalue weighted by molar-refractivity contribution is 5.31. The Hall–Kier alpha value is -2.68. The maximum absolute atomic E-state index is 13.4. The number of para-hydroxylation sites is 1. The van der Waals surface area contributed by atoms with Crippen molar-refractivity contribution in [3.63, 3.8) is 0 Å². The predicted octanol–water partition coefficient (Wildman–Crippen LogP) is 2.95. The van der Waals surface area contributed by atoms with Crippen molar-refractivity contribution in [2.24, 2.45) is 0 Å². The van der Waals surface area contributed by atoms with E-state index in [1.54, 1.807) is 6.92 Å². The lowest BCUT2D eigenvalue weighted by atomic mass is 10.3. The first-order valence-electron chi connectivity index (χ1n) is 5.67. The molecule has 102 valence electrons. The molecule has 0 saturated heterocycles. The zero-order valence-electron chi connectivity index (χ0n) is 10.6. The minimum Gasteiger partial charge on any atom is -0.464 e. The summed E-state index contributed by atoms with van der Waals surface area (Å²) in [5.74, 6) is 3.37. The van der Waals surface area contributed by atoms with Gasteiger partial charge >= 0.3 is 0 Å². The lowest BCUT2D eigenvalue weighted by Gasteiger charge is -2.07. The smallest absolute Gasteiger partial charge is 0.226 e. The van der Waals surface area contributed by atoms with E-state index >= 15 is 0 Å². The summed E-state index contributed by atoms with van der Waals surface area (Å²) >= 11 is 0. The highest BCUT2D eigenvalue weighted by Crippen LogP contribution is 2.26. The van der Waals surface area contributed by atoms with E-state index in [1.807, 2.05) is 0 Å². The van der Waals surface area contributed by atoms with Crippen molar-refractivity contribution in [2.45, 2.75) is 6.92 Å². The SMILES string of the molecule is CC#CCOc1cc(Oc2c(F)cccc2F)ncn1. The van der Waals surface area contributed by atoms with Crippen molar-refractivity contribution in [1.29, 1.82) is 0 Å². The number of aromatic nitrogens is 2. The van der Waals surface area contributed by atoms with Gasteiger partial charge in [0.25, 0.3) is 0 Å². The standard InChI is InChI=1S/C14H10F2N2O2/c1-2-3-7-19-12-8-13(18-9-17-12)20-14-10(15)5-4-6-11(14)16/h4-6,8-9H,7H2,1H3. The molecule has 0 aliphatic carbocycles. The summed E-state index contributed by atoms with van der Waals surface area (Å²) in [7, 11) is 0. The summed E-state index contributed by atoms with van der Waals surface area (Å²) in [6.45, 7) is 1.83. The summed E-state index contributed by atoms with van der Waals surface area (Å²) < 4.78 is 37.1. The van der Waals surface area contributed by atoms with Gasteiger partial charge in [-0.05, 0) is 19.1 Å². The molecule has 0 amide bonds. The first-order chi connectivity index (χ1) is 9.70. The van der Waals surface area contributed by atoms with Crippen LogP contribution in [-0.2, 0) is 0 Å². The average molecular weight is 276 g/mol.